The van der Waals surface area contributed by atoms with Gasteiger partial charge in [-0.2, -0.15) is 5.10 Å². The number of nitrogens with zero attached hydrogens (tertiary/aromatic N) is 6. The zero-order valence-corrected chi connectivity index (χ0v) is 15.6. The predicted molar refractivity (Wildman–Crippen MR) is 100 cm³/mol. The summed E-state index contributed by atoms with van der Waals surface area (Å²) in [4.78, 5) is 10.2. The van der Waals surface area contributed by atoms with Gasteiger partial charge in [0.2, 0.25) is 0 Å². The lowest BCUT2D eigenvalue weighted by molar-refractivity contribution is -0.385. The summed E-state index contributed by atoms with van der Waals surface area (Å²) < 4.78 is 3.34. The van der Waals surface area contributed by atoms with Crippen LogP contribution < -0.4 is 0 Å². The Bertz CT molecular complexity index is 971. The molecule has 0 aliphatic rings. The van der Waals surface area contributed by atoms with Crippen LogP contribution in [0.3, 0.4) is 0 Å². The topological polar surface area (TPSA) is 91.7 Å². The standard InChI is InChI=1S/C15H12Cl2N6O2S/c1-2-5-22-14(10-3-4-12(16)13(17)6-10)19-20-15(22)26-9-21-8-11(7-18-21)23(24)25/h2-4,6-8H,1,5,9H2. The summed E-state index contributed by atoms with van der Waals surface area (Å²) in [6.07, 6.45) is 4.30. The summed E-state index contributed by atoms with van der Waals surface area (Å²) in [5.74, 6) is 0.974. The van der Waals surface area contributed by atoms with E-state index in [1.807, 2.05) is 10.6 Å². The third kappa shape index (κ3) is 3.90. The molecule has 0 aliphatic carbocycles. The van der Waals surface area contributed by atoms with Crippen LogP contribution in [0.25, 0.3) is 11.4 Å². The maximum absolute atomic E-state index is 10.7. The van der Waals surface area contributed by atoms with Gasteiger partial charge in [-0.1, -0.05) is 41.0 Å². The summed E-state index contributed by atoms with van der Waals surface area (Å²) in [5.41, 5.74) is 0.713. The molecule has 0 spiro atoms. The molecule has 134 valence electrons. The van der Waals surface area contributed by atoms with Crippen LogP contribution in [0.2, 0.25) is 10.0 Å². The van der Waals surface area contributed by atoms with Crippen molar-refractivity contribution in [1.29, 1.82) is 0 Å². The van der Waals surface area contributed by atoms with E-state index in [2.05, 4.69) is 21.9 Å². The fraction of sp³-hybridized carbons (Fsp3) is 0.133. The van der Waals surface area contributed by atoms with Crippen molar-refractivity contribution >= 4 is 40.7 Å². The van der Waals surface area contributed by atoms with Crippen LogP contribution in [0.1, 0.15) is 0 Å². The second-order valence-corrected chi connectivity index (χ2v) is 6.83. The maximum atomic E-state index is 10.7. The molecule has 0 amide bonds. The minimum Gasteiger partial charge on any atom is -0.298 e. The molecule has 11 heteroatoms. The second-order valence-electron chi connectivity index (χ2n) is 5.10. The van der Waals surface area contributed by atoms with Crippen molar-refractivity contribution < 1.29 is 4.92 Å². The Hall–Kier alpha value is -2.36. The number of thioether (sulfide) groups is 1. The van der Waals surface area contributed by atoms with Gasteiger partial charge >= 0.3 is 5.69 Å². The Morgan fingerprint density at radius 2 is 2.12 bits per heavy atom. The Kier molecular flexibility index (Phi) is 5.60. The van der Waals surface area contributed by atoms with Gasteiger partial charge in [-0.25, -0.2) is 0 Å². The number of benzene rings is 1. The number of allylic oxidation sites excluding steroid dienone is 1. The average Bonchev–Trinajstić information content (AvgIpc) is 3.23. The van der Waals surface area contributed by atoms with Gasteiger partial charge in [0.25, 0.3) is 0 Å². The Morgan fingerprint density at radius 1 is 1.31 bits per heavy atom. The largest absolute Gasteiger partial charge is 0.307 e. The van der Waals surface area contributed by atoms with E-state index in [0.717, 1.165) is 5.56 Å². The van der Waals surface area contributed by atoms with Crippen LogP contribution in [0, 0.1) is 10.1 Å². The van der Waals surface area contributed by atoms with Crippen LogP contribution in [-0.2, 0) is 12.4 Å². The first-order valence-corrected chi connectivity index (χ1v) is 9.03. The lowest BCUT2D eigenvalue weighted by Crippen LogP contribution is -2.02. The molecule has 0 unspecified atom stereocenters. The highest BCUT2D eigenvalue weighted by Crippen LogP contribution is 2.30. The normalized spacial score (nSPS) is 10.8. The van der Waals surface area contributed by atoms with Gasteiger partial charge in [0.1, 0.15) is 12.4 Å². The highest BCUT2D eigenvalue weighted by Gasteiger charge is 2.16. The van der Waals surface area contributed by atoms with Gasteiger partial charge in [-0.05, 0) is 18.2 Å². The van der Waals surface area contributed by atoms with Gasteiger partial charge in [-0.3, -0.25) is 19.4 Å². The van der Waals surface area contributed by atoms with E-state index in [4.69, 9.17) is 23.2 Å². The number of halogens is 2. The molecule has 0 fully saturated rings. The number of nitro groups is 1. The molecule has 0 saturated heterocycles. The maximum Gasteiger partial charge on any atom is 0.307 e. The van der Waals surface area contributed by atoms with Gasteiger partial charge < -0.3 is 0 Å². The van der Waals surface area contributed by atoms with E-state index in [-0.39, 0.29) is 5.69 Å². The van der Waals surface area contributed by atoms with Crippen molar-refractivity contribution in [2.24, 2.45) is 0 Å². The van der Waals surface area contributed by atoms with Gasteiger partial charge in [0, 0.05) is 12.1 Å². The number of rotatable bonds is 7. The number of aromatic nitrogens is 5. The van der Waals surface area contributed by atoms with Crippen molar-refractivity contribution in [2.75, 3.05) is 0 Å². The first-order chi connectivity index (χ1) is 12.5. The third-order valence-electron chi connectivity index (χ3n) is 3.36. The van der Waals surface area contributed by atoms with E-state index < -0.39 is 4.92 Å². The Morgan fingerprint density at radius 3 is 2.77 bits per heavy atom. The van der Waals surface area contributed by atoms with Gasteiger partial charge in [0.05, 0.1) is 20.8 Å². The van der Waals surface area contributed by atoms with Crippen LogP contribution in [0.5, 0.6) is 0 Å². The molecular formula is C15H12Cl2N6O2S. The average molecular weight is 411 g/mol. The first-order valence-electron chi connectivity index (χ1n) is 7.28. The fourth-order valence-electron chi connectivity index (χ4n) is 2.18. The molecule has 3 aromatic rings. The minimum atomic E-state index is -0.489. The molecule has 3 rings (SSSR count). The van der Waals surface area contributed by atoms with E-state index in [1.54, 1.807) is 18.2 Å². The second kappa shape index (κ2) is 7.90. The third-order valence-corrected chi connectivity index (χ3v) is 5.06. The molecule has 0 aliphatic heterocycles. The van der Waals surface area contributed by atoms with Crippen molar-refractivity contribution in [3.05, 3.63) is 63.4 Å². The molecule has 0 N–H and O–H groups in total. The minimum absolute atomic E-state index is 0.0605. The van der Waals surface area contributed by atoms with E-state index in [1.165, 1.54) is 28.8 Å². The SMILES string of the molecule is C=CCn1c(SCn2cc([N+](=O)[O-])cn2)nnc1-c1ccc(Cl)c(Cl)c1. The predicted octanol–water partition coefficient (Wildman–Crippen LogP) is 4.29. The summed E-state index contributed by atoms with van der Waals surface area (Å²) in [6, 6.07) is 5.23. The Balaban J connectivity index is 1.85. The van der Waals surface area contributed by atoms with Crippen LogP contribution >= 0.6 is 35.0 Å². The molecule has 1 aromatic carbocycles. The molecule has 0 saturated carbocycles. The molecule has 2 aromatic heterocycles. The monoisotopic (exact) mass is 410 g/mol. The molecular weight excluding hydrogens is 399 g/mol. The highest BCUT2D eigenvalue weighted by atomic mass is 35.5. The zero-order chi connectivity index (χ0) is 18.7. The lowest BCUT2D eigenvalue weighted by atomic mass is 10.2. The zero-order valence-electron chi connectivity index (χ0n) is 13.2. The summed E-state index contributed by atoms with van der Waals surface area (Å²) in [6.45, 7) is 4.25. The Labute approximate surface area is 162 Å². The lowest BCUT2D eigenvalue weighted by Gasteiger charge is -2.08. The molecule has 8 nitrogen and oxygen atoms in total. The number of hydrogen-bond acceptors (Lipinski definition) is 6. The van der Waals surface area contributed by atoms with Crippen molar-refractivity contribution in [3.8, 4) is 11.4 Å². The quantitative estimate of drug-likeness (QED) is 0.249. The van der Waals surface area contributed by atoms with Gasteiger partial charge in [-0.15, -0.1) is 16.8 Å². The van der Waals surface area contributed by atoms with Crippen molar-refractivity contribution in [2.45, 2.75) is 17.6 Å². The van der Waals surface area contributed by atoms with Crippen LogP contribution in [-0.4, -0.2) is 29.5 Å². The smallest absolute Gasteiger partial charge is 0.298 e. The van der Waals surface area contributed by atoms with Crippen molar-refractivity contribution in [3.63, 3.8) is 0 Å². The molecule has 2 heterocycles. The van der Waals surface area contributed by atoms with Gasteiger partial charge in [0.15, 0.2) is 11.0 Å². The van der Waals surface area contributed by atoms with Crippen LogP contribution in [0.15, 0.2) is 48.4 Å². The summed E-state index contributed by atoms with van der Waals surface area (Å²) >= 11 is 13.4. The van der Waals surface area contributed by atoms with E-state index in [0.29, 0.717) is 33.4 Å². The summed E-state index contributed by atoms with van der Waals surface area (Å²) in [5, 5.41) is 24.6. The number of hydrogen-bond donors (Lipinski definition) is 0. The fourth-order valence-corrected chi connectivity index (χ4v) is 3.28. The summed E-state index contributed by atoms with van der Waals surface area (Å²) in [7, 11) is 0. The van der Waals surface area contributed by atoms with Crippen molar-refractivity contribution in [1.82, 2.24) is 24.5 Å². The van der Waals surface area contributed by atoms with Crippen LogP contribution in [0.4, 0.5) is 5.69 Å². The highest BCUT2D eigenvalue weighted by molar-refractivity contribution is 7.98. The molecule has 0 bridgehead atoms. The molecule has 0 atom stereocenters. The van der Waals surface area contributed by atoms with E-state index in [9.17, 15) is 10.1 Å². The first kappa shape index (κ1) is 18.4. The molecule has 26 heavy (non-hydrogen) atoms. The molecule has 0 radical (unpaired) electrons. The van der Waals surface area contributed by atoms with E-state index >= 15 is 0 Å².